The van der Waals surface area contributed by atoms with Crippen LogP contribution in [-0.4, -0.2) is 15.0 Å². The van der Waals surface area contributed by atoms with Gasteiger partial charge in [0.2, 0.25) is 0 Å². The van der Waals surface area contributed by atoms with Gasteiger partial charge < -0.3 is 0 Å². The summed E-state index contributed by atoms with van der Waals surface area (Å²) in [5.41, 5.74) is 6.06. The van der Waals surface area contributed by atoms with Gasteiger partial charge >= 0.3 is 0 Å². The Morgan fingerprint density at radius 2 is 1.36 bits per heavy atom. The van der Waals surface area contributed by atoms with E-state index in [1.54, 1.807) is 0 Å². The molecule has 1 aromatic heterocycles. The van der Waals surface area contributed by atoms with E-state index in [0.29, 0.717) is 5.92 Å². The molecule has 0 amide bonds. The molecule has 218 valence electrons. The molecule has 3 aliphatic carbocycles. The lowest BCUT2D eigenvalue weighted by atomic mass is 9.70. The summed E-state index contributed by atoms with van der Waals surface area (Å²) in [5.74, 6) is 2.66. The van der Waals surface area contributed by atoms with Crippen LogP contribution in [0.25, 0.3) is 44.6 Å². The molecule has 0 aliphatic heterocycles. The fraction of sp³-hybridized carbons (Fsp3) is 0.167. The predicted octanol–water partition coefficient (Wildman–Crippen LogP) is 10.2. The standard InChI is InChI=1S/C42H35N3/c1-28-12-10-16-31(26-28)41-44-39(29-13-4-3-5-14-29)43-40(45-41)30-15-11-17-32(23-22-30)42(2)25-24-37-35-20-7-6-18-33(35)34-19-8-9-21-36(34)38(37)27-42/h3-25,28,30H,26-27H2,1-2H3. The van der Waals surface area contributed by atoms with Crippen molar-refractivity contribution in [3.8, 4) is 11.4 Å². The molecular formula is C42H35N3. The molecule has 0 radical (unpaired) electrons. The van der Waals surface area contributed by atoms with Crippen molar-refractivity contribution in [1.82, 2.24) is 15.0 Å². The highest BCUT2D eigenvalue weighted by molar-refractivity contribution is 6.13. The van der Waals surface area contributed by atoms with Crippen molar-refractivity contribution < 1.29 is 0 Å². The zero-order chi connectivity index (χ0) is 30.4. The minimum Gasteiger partial charge on any atom is -0.212 e. The van der Waals surface area contributed by atoms with Crippen molar-refractivity contribution in [2.75, 3.05) is 0 Å². The van der Waals surface area contributed by atoms with Crippen LogP contribution in [0.2, 0.25) is 0 Å². The van der Waals surface area contributed by atoms with Gasteiger partial charge in [-0.1, -0.05) is 153 Å². The number of benzene rings is 4. The number of nitrogens with zero attached hydrogens (tertiary/aromatic N) is 3. The van der Waals surface area contributed by atoms with E-state index in [0.717, 1.165) is 41.5 Å². The second kappa shape index (κ2) is 11.1. The summed E-state index contributed by atoms with van der Waals surface area (Å²) in [7, 11) is 0. The molecule has 3 unspecified atom stereocenters. The van der Waals surface area contributed by atoms with Crippen LogP contribution in [-0.2, 0) is 6.42 Å². The normalized spacial score (nSPS) is 22.3. The smallest absolute Gasteiger partial charge is 0.163 e. The van der Waals surface area contributed by atoms with Crippen molar-refractivity contribution in [2.24, 2.45) is 11.3 Å². The van der Waals surface area contributed by atoms with Gasteiger partial charge in [0.15, 0.2) is 11.6 Å². The van der Waals surface area contributed by atoms with Gasteiger partial charge in [0.05, 0.1) is 5.92 Å². The number of hydrogen-bond acceptors (Lipinski definition) is 3. The van der Waals surface area contributed by atoms with Crippen LogP contribution in [0.15, 0.2) is 139 Å². The third-order valence-corrected chi connectivity index (χ3v) is 9.53. The van der Waals surface area contributed by atoms with Gasteiger partial charge in [-0.15, -0.1) is 0 Å². The Bertz CT molecular complexity index is 2140. The summed E-state index contributed by atoms with van der Waals surface area (Å²) >= 11 is 0. The zero-order valence-corrected chi connectivity index (χ0v) is 25.7. The fourth-order valence-electron chi connectivity index (χ4n) is 7.08. The molecule has 0 saturated heterocycles. The van der Waals surface area contributed by atoms with Gasteiger partial charge in [0.1, 0.15) is 5.82 Å². The van der Waals surface area contributed by atoms with Gasteiger partial charge in [0.25, 0.3) is 0 Å². The number of fused-ring (bicyclic) bond motifs is 6. The van der Waals surface area contributed by atoms with Crippen LogP contribution >= 0.6 is 0 Å². The molecule has 4 aromatic carbocycles. The fourth-order valence-corrected chi connectivity index (χ4v) is 7.08. The van der Waals surface area contributed by atoms with Crippen molar-refractivity contribution in [3.63, 3.8) is 0 Å². The van der Waals surface area contributed by atoms with Crippen molar-refractivity contribution in [1.29, 1.82) is 0 Å². The maximum Gasteiger partial charge on any atom is 0.163 e. The molecule has 3 aliphatic rings. The van der Waals surface area contributed by atoms with Gasteiger partial charge in [-0.05, 0) is 62.6 Å². The highest BCUT2D eigenvalue weighted by Crippen LogP contribution is 2.45. The molecule has 8 rings (SSSR count). The van der Waals surface area contributed by atoms with E-state index in [-0.39, 0.29) is 11.3 Å². The van der Waals surface area contributed by atoms with Crippen molar-refractivity contribution in [2.45, 2.75) is 32.6 Å². The third-order valence-electron chi connectivity index (χ3n) is 9.53. The number of rotatable bonds is 4. The summed E-state index contributed by atoms with van der Waals surface area (Å²) in [5, 5.41) is 5.32. The SMILES string of the molecule is CC1C=CC=C(c2nc(-c3ccccc3)nc(C3C=CC=C(C4(C)C=Cc5c(c6ccccc6c6ccccc56)C4)C=C3)n2)C1. The second-order valence-corrected chi connectivity index (χ2v) is 12.8. The van der Waals surface area contributed by atoms with Crippen LogP contribution in [0.1, 0.15) is 49.0 Å². The summed E-state index contributed by atoms with van der Waals surface area (Å²) in [4.78, 5) is 15.0. The van der Waals surface area contributed by atoms with E-state index in [2.05, 4.69) is 135 Å². The Balaban J connectivity index is 1.16. The number of allylic oxidation sites excluding steroid dienone is 11. The first kappa shape index (κ1) is 27.4. The molecule has 3 nitrogen and oxygen atoms in total. The average molecular weight is 582 g/mol. The molecular weight excluding hydrogens is 546 g/mol. The largest absolute Gasteiger partial charge is 0.212 e. The molecule has 0 bridgehead atoms. The summed E-state index contributed by atoms with van der Waals surface area (Å²) in [6.07, 6.45) is 24.3. The minimum absolute atomic E-state index is 0.0617. The van der Waals surface area contributed by atoms with Crippen molar-refractivity contribution in [3.05, 3.63) is 162 Å². The Morgan fingerprint density at radius 3 is 2.16 bits per heavy atom. The lowest BCUT2D eigenvalue weighted by molar-refractivity contribution is 0.522. The molecule has 0 fully saturated rings. The Morgan fingerprint density at radius 1 is 0.667 bits per heavy atom. The summed E-state index contributed by atoms with van der Waals surface area (Å²) < 4.78 is 0. The minimum atomic E-state index is -0.150. The van der Waals surface area contributed by atoms with Crippen LogP contribution in [0.5, 0.6) is 0 Å². The molecule has 5 aromatic rings. The first-order valence-corrected chi connectivity index (χ1v) is 15.9. The summed E-state index contributed by atoms with van der Waals surface area (Å²) in [6.45, 7) is 4.59. The molecule has 0 spiro atoms. The van der Waals surface area contributed by atoms with E-state index >= 15 is 0 Å². The molecule has 0 saturated carbocycles. The highest BCUT2D eigenvalue weighted by Gasteiger charge is 2.31. The van der Waals surface area contributed by atoms with Gasteiger partial charge in [-0.2, -0.15) is 0 Å². The first-order chi connectivity index (χ1) is 22.1. The third kappa shape index (κ3) is 4.99. The monoisotopic (exact) mass is 581 g/mol. The molecule has 1 heterocycles. The van der Waals surface area contributed by atoms with Crippen LogP contribution in [0.4, 0.5) is 0 Å². The van der Waals surface area contributed by atoms with E-state index in [9.17, 15) is 0 Å². The second-order valence-electron chi connectivity index (χ2n) is 12.8. The zero-order valence-electron chi connectivity index (χ0n) is 25.7. The quantitative estimate of drug-likeness (QED) is 0.198. The molecule has 3 atom stereocenters. The molecule has 0 N–H and O–H groups in total. The lowest BCUT2D eigenvalue weighted by Crippen LogP contribution is -2.22. The lowest BCUT2D eigenvalue weighted by Gasteiger charge is -2.33. The Hall–Kier alpha value is -5.15. The van der Waals surface area contributed by atoms with Crippen molar-refractivity contribution >= 4 is 33.2 Å². The van der Waals surface area contributed by atoms with Gasteiger partial charge in [-0.3, -0.25) is 0 Å². The average Bonchev–Trinajstić information content (AvgIpc) is 3.36. The van der Waals surface area contributed by atoms with Crippen LogP contribution in [0.3, 0.4) is 0 Å². The predicted molar refractivity (Wildman–Crippen MR) is 188 cm³/mol. The maximum atomic E-state index is 5.07. The maximum absolute atomic E-state index is 5.07. The highest BCUT2D eigenvalue weighted by atomic mass is 15.0. The van der Waals surface area contributed by atoms with E-state index in [4.69, 9.17) is 15.0 Å². The first-order valence-electron chi connectivity index (χ1n) is 15.9. The number of hydrogen-bond donors (Lipinski definition) is 0. The van der Waals surface area contributed by atoms with Crippen LogP contribution in [0, 0.1) is 11.3 Å². The summed E-state index contributed by atoms with van der Waals surface area (Å²) in [6, 6.07) is 27.9. The Labute approximate surface area is 264 Å². The number of aromatic nitrogens is 3. The molecule has 45 heavy (non-hydrogen) atoms. The van der Waals surface area contributed by atoms with Gasteiger partial charge in [0, 0.05) is 11.0 Å². The topological polar surface area (TPSA) is 38.7 Å². The van der Waals surface area contributed by atoms with Crippen LogP contribution < -0.4 is 0 Å². The molecule has 3 heteroatoms. The van der Waals surface area contributed by atoms with E-state index < -0.39 is 0 Å². The van der Waals surface area contributed by atoms with Gasteiger partial charge in [-0.25, -0.2) is 15.0 Å². The van der Waals surface area contributed by atoms with E-state index in [1.807, 2.05) is 18.2 Å². The van der Waals surface area contributed by atoms with E-state index in [1.165, 1.54) is 38.2 Å². The Kier molecular flexibility index (Phi) is 6.75.